The maximum absolute atomic E-state index is 13.8. The molecule has 0 bridgehead atoms. The summed E-state index contributed by atoms with van der Waals surface area (Å²) < 4.78 is 18.2. The van der Waals surface area contributed by atoms with Crippen molar-refractivity contribution in [2.45, 2.75) is 20.4 Å². The molecule has 1 amide bonds. The molecule has 186 valence electrons. The summed E-state index contributed by atoms with van der Waals surface area (Å²) >= 11 is 0. The zero-order valence-electron chi connectivity index (χ0n) is 21.4. The number of rotatable bonds is 8. The van der Waals surface area contributed by atoms with Gasteiger partial charge in [-0.3, -0.25) is 9.78 Å². The van der Waals surface area contributed by atoms with E-state index in [1.807, 2.05) is 56.3 Å². The van der Waals surface area contributed by atoms with E-state index in [4.69, 9.17) is 19.3 Å². The van der Waals surface area contributed by atoms with Crippen LogP contribution in [0.5, 0.6) is 17.2 Å². The molecule has 8 heteroatoms. The van der Waals surface area contributed by atoms with Crippen molar-refractivity contribution in [3.8, 4) is 34.2 Å². The number of aryl methyl sites for hydroxylation is 1. The van der Waals surface area contributed by atoms with Crippen molar-refractivity contribution in [3.63, 3.8) is 0 Å². The molecule has 2 heterocycles. The number of carbonyl (C=O) groups is 1. The van der Waals surface area contributed by atoms with Crippen LogP contribution in [-0.4, -0.2) is 53.9 Å². The number of nitrogens with zero attached hydrogens (tertiary/aromatic N) is 4. The minimum atomic E-state index is -0.189. The molecular formula is C28H30N4O4. The van der Waals surface area contributed by atoms with Gasteiger partial charge in [-0.1, -0.05) is 18.2 Å². The van der Waals surface area contributed by atoms with Crippen molar-refractivity contribution in [3.05, 3.63) is 83.3 Å². The summed E-state index contributed by atoms with van der Waals surface area (Å²) in [6, 6.07) is 15.1. The van der Waals surface area contributed by atoms with Gasteiger partial charge < -0.3 is 19.1 Å². The number of ether oxygens (including phenoxy) is 3. The highest BCUT2D eigenvalue weighted by atomic mass is 16.5. The van der Waals surface area contributed by atoms with Crippen LogP contribution < -0.4 is 14.2 Å². The van der Waals surface area contributed by atoms with E-state index in [0.717, 1.165) is 28.3 Å². The molecule has 0 atom stereocenters. The number of aromatic nitrogens is 3. The fraction of sp³-hybridized carbons (Fsp3) is 0.250. The monoisotopic (exact) mass is 486 g/mol. The van der Waals surface area contributed by atoms with Crippen molar-refractivity contribution in [2.75, 3.05) is 28.4 Å². The largest absolute Gasteiger partial charge is 0.497 e. The first-order valence-electron chi connectivity index (χ1n) is 11.5. The molecule has 0 fully saturated rings. The second kappa shape index (κ2) is 10.5. The summed E-state index contributed by atoms with van der Waals surface area (Å²) in [6.07, 6.45) is 3.52. The average Bonchev–Trinajstić information content (AvgIpc) is 3.35. The Balaban J connectivity index is 1.77. The summed E-state index contributed by atoms with van der Waals surface area (Å²) in [5.74, 6) is 1.80. The van der Waals surface area contributed by atoms with Crippen LogP contribution in [0, 0.1) is 13.8 Å². The van der Waals surface area contributed by atoms with Crippen LogP contribution in [0.1, 0.15) is 27.2 Å². The fourth-order valence-corrected chi connectivity index (χ4v) is 4.17. The quantitative estimate of drug-likeness (QED) is 0.354. The normalized spacial score (nSPS) is 10.7. The summed E-state index contributed by atoms with van der Waals surface area (Å²) in [4.78, 5) is 20.0. The maximum Gasteiger partial charge on any atom is 0.257 e. The van der Waals surface area contributed by atoms with Gasteiger partial charge in [-0.05, 0) is 38.1 Å². The van der Waals surface area contributed by atoms with Gasteiger partial charge in [0, 0.05) is 42.2 Å². The second-order valence-corrected chi connectivity index (χ2v) is 8.45. The molecule has 2 aromatic carbocycles. The molecule has 0 saturated carbocycles. The van der Waals surface area contributed by atoms with Crippen molar-refractivity contribution in [1.82, 2.24) is 19.7 Å². The number of benzene rings is 2. The van der Waals surface area contributed by atoms with Crippen molar-refractivity contribution in [2.24, 2.45) is 0 Å². The molecule has 4 rings (SSSR count). The zero-order chi connectivity index (χ0) is 25.8. The summed E-state index contributed by atoms with van der Waals surface area (Å²) in [5.41, 5.74) is 5.12. The topological polar surface area (TPSA) is 78.7 Å². The lowest BCUT2D eigenvalue weighted by atomic mass is 10.1. The van der Waals surface area contributed by atoms with Crippen LogP contribution >= 0.6 is 0 Å². The molecule has 0 radical (unpaired) electrons. The fourth-order valence-electron chi connectivity index (χ4n) is 4.17. The molecule has 0 saturated heterocycles. The molecule has 0 unspecified atom stereocenters. The maximum atomic E-state index is 13.8. The van der Waals surface area contributed by atoms with Gasteiger partial charge in [-0.2, -0.15) is 5.10 Å². The molecule has 8 nitrogen and oxygen atoms in total. The van der Waals surface area contributed by atoms with E-state index in [0.29, 0.717) is 34.9 Å². The highest BCUT2D eigenvalue weighted by Gasteiger charge is 2.25. The van der Waals surface area contributed by atoms with Crippen LogP contribution in [0.3, 0.4) is 0 Å². The molecule has 4 aromatic rings. The number of methoxy groups -OCH3 is 3. The van der Waals surface area contributed by atoms with Crippen LogP contribution in [0.2, 0.25) is 0 Å². The third-order valence-corrected chi connectivity index (χ3v) is 6.11. The number of carbonyl (C=O) groups excluding carboxylic acids is 1. The highest BCUT2D eigenvalue weighted by molar-refractivity contribution is 6.00. The number of hydrogen-bond donors (Lipinski definition) is 0. The van der Waals surface area contributed by atoms with E-state index in [9.17, 15) is 4.79 Å². The van der Waals surface area contributed by atoms with Crippen molar-refractivity contribution >= 4 is 5.91 Å². The standard InChI is InChI=1S/C28H30N4O4/c1-18-15-29-24(19(2)27(18)36-6)17-31(3)28(33)23-16-32(20-10-8-7-9-11-20)30-26(23)22-13-12-21(34-4)14-25(22)35-5/h7-16H,17H2,1-6H3. The van der Waals surface area contributed by atoms with Crippen LogP contribution in [0.25, 0.3) is 16.9 Å². The Morgan fingerprint density at radius 1 is 1.00 bits per heavy atom. The summed E-state index contributed by atoms with van der Waals surface area (Å²) in [7, 11) is 6.57. The molecule has 36 heavy (non-hydrogen) atoms. The van der Waals surface area contributed by atoms with Crippen LogP contribution in [0.4, 0.5) is 0 Å². The van der Waals surface area contributed by atoms with E-state index in [1.165, 1.54) is 0 Å². The summed E-state index contributed by atoms with van der Waals surface area (Å²) in [5, 5.41) is 4.79. The predicted octanol–water partition coefficient (Wildman–Crippen LogP) is 4.85. The average molecular weight is 487 g/mol. The minimum absolute atomic E-state index is 0.189. The van der Waals surface area contributed by atoms with E-state index >= 15 is 0 Å². The lowest BCUT2D eigenvalue weighted by molar-refractivity contribution is 0.0783. The predicted molar refractivity (Wildman–Crippen MR) is 138 cm³/mol. The Morgan fingerprint density at radius 3 is 2.42 bits per heavy atom. The van der Waals surface area contributed by atoms with Gasteiger partial charge in [0.15, 0.2) is 0 Å². The Morgan fingerprint density at radius 2 is 1.75 bits per heavy atom. The van der Waals surface area contributed by atoms with Gasteiger partial charge in [-0.15, -0.1) is 0 Å². The SMILES string of the molecule is COc1ccc(-c2nn(-c3ccccc3)cc2C(=O)N(C)Cc2ncc(C)c(OC)c2C)c(OC)c1. The first-order chi connectivity index (χ1) is 17.4. The first kappa shape index (κ1) is 24.8. The first-order valence-corrected chi connectivity index (χ1v) is 11.5. The Labute approximate surface area is 211 Å². The molecule has 0 aliphatic heterocycles. The van der Waals surface area contributed by atoms with Crippen LogP contribution in [-0.2, 0) is 6.54 Å². The van der Waals surface area contributed by atoms with Gasteiger partial charge >= 0.3 is 0 Å². The lowest BCUT2D eigenvalue weighted by Crippen LogP contribution is -2.27. The molecule has 2 aromatic heterocycles. The number of amides is 1. The van der Waals surface area contributed by atoms with Gasteiger partial charge in [0.05, 0.1) is 44.8 Å². The third-order valence-electron chi connectivity index (χ3n) is 6.11. The number of para-hydroxylation sites is 1. The van der Waals surface area contributed by atoms with E-state index in [1.54, 1.807) is 56.4 Å². The molecule has 0 aliphatic rings. The number of hydrogen-bond acceptors (Lipinski definition) is 6. The Hall–Kier alpha value is -4.33. The van der Waals surface area contributed by atoms with Gasteiger partial charge in [0.1, 0.15) is 22.9 Å². The molecule has 0 spiro atoms. The van der Waals surface area contributed by atoms with Gasteiger partial charge in [0.25, 0.3) is 5.91 Å². The molecule has 0 aliphatic carbocycles. The summed E-state index contributed by atoms with van der Waals surface area (Å²) in [6.45, 7) is 4.22. The lowest BCUT2D eigenvalue weighted by Gasteiger charge is -2.19. The Bertz CT molecular complexity index is 1380. The highest BCUT2D eigenvalue weighted by Crippen LogP contribution is 2.35. The molecule has 0 N–H and O–H groups in total. The van der Waals surface area contributed by atoms with Gasteiger partial charge in [-0.25, -0.2) is 4.68 Å². The smallest absolute Gasteiger partial charge is 0.257 e. The van der Waals surface area contributed by atoms with E-state index in [2.05, 4.69) is 4.98 Å². The van der Waals surface area contributed by atoms with E-state index < -0.39 is 0 Å². The Kier molecular flexibility index (Phi) is 7.24. The molecular weight excluding hydrogens is 456 g/mol. The van der Waals surface area contributed by atoms with E-state index in [-0.39, 0.29) is 5.91 Å². The zero-order valence-corrected chi connectivity index (χ0v) is 21.4. The van der Waals surface area contributed by atoms with Gasteiger partial charge in [0.2, 0.25) is 0 Å². The van der Waals surface area contributed by atoms with Crippen molar-refractivity contribution < 1.29 is 19.0 Å². The second-order valence-electron chi connectivity index (χ2n) is 8.45. The third kappa shape index (κ3) is 4.75. The van der Waals surface area contributed by atoms with Crippen molar-refractivity contribution in [1.29, 1.82) is 0 Å². The van der Waals surface area contributed by atoms with Crippen LogP contribution in [0.15, 0.2) is 60.9 Å². The number of pyridine rings is 1. The minimum Gasteiger partial charge on any atom is -0.497 e.